The van der Waals surface area contributed by atoms with Crippen molar-refractivity contribution < 1.29 is 27.0 Å². The number of aromatic hydroxyl groups is 2. The molecule has 0 radical (unpaired) electrons. The number of rotatable bonds is 8. The standard InChI is InChI=1S/C28H26O6S2/c1-2-9-28(35(31,32)22-14-16-26(29)24(18-22)20-10-5-3-6-11-20)36(33,34)23-15-17-27(30)25(19-23)21-12-7-4-8-13-21/h3-8,10-19,28-30H,2,9H2,1H3. The first-order valence-corrected chi connectivity index (χ1v) is 14.5. The zero-order valence-electron chi connectivity index (χ0n) is 19.6. The van der Waals surface area contributed by atoms with Crippen LogP contribution in [0.4, 0.5) is 0 Å². The third kappa shape index (κ3) is 4.87. The van der Waals surface area contributed by atoms with Gasteiger partial charge in [0, 0.05) is 11.1 Å². The van der Waals surface area contributed by atoms with E-state index in [-0.39, 0.29) is 27.7 Å². The molecule has 0 aliphatic heterocycles. The van der Waals surface area contributed by atoms with Gasteiger partial charge in [-0.2, -0.15) is 0 Å². The smallest absolute Gasteiger partial charge is 0.195 e. The van der Waals surface area contributed by atoms with Crippen LogP contribution in [0.1, 0.15) is 19.8 Å². The second-order valence-electron chi connectivity index (χ2n) is 8.40. The molecule has 0 fully saturated rings. The maximum absolute atomic E-state index is 13.7. The summed E-state index contributed by atoms with van der Waals surface area (Å²) in [4.78, 5) is -0.383. The van der Waals surface area contributed by atoms with Gasteiger partial charge < -0.3 is 10.2 Å². The molecule has 0 unspecified atom stereocenters. The van der Waals surface area contributed by atoms with E-state index < -0.39 is 24.3 Å². The highest BCUT2D eigenvalue weighted by Crippen LogP contribution is 2.37. The number of benzene rings is 4. The van der Waals surface area contributed by atoms with E-state index in [0.29, 0.717) is 28.7 Å². The van der Waals surface area contributed by atoms with E-state index in [9.17, 15) is 27.0 Å². The molecule has 4 rings (SSSR count). The highest BCUT2D eigenvalue weighted by molar-refractivity contribution is 8.09. The second-order valence-corrected chi connectivity index (χ2v) is 13.0. The molecule has 4 aromatic carbocycles. The van der Waals surface area contributed by atoms with Gasteiger partial charge in [0.25, 0.3) is 0 Å². The molecule has 0 aliphatic rings. The Morgan fingerprint density at radius 2 is 1.00 bits per heavy atom. The van der Waals surface area contributed by atoms with Crippen molar-refractivity contribution in [1.82, 2.24) is 0 Å². The summed E-state index contributed by atoms with van der Waals surface area (Å²) in [6.45, 7) is 1.72. The van der Waals surface area contributed by atoms with Gasteiger partial charge in [0.1, 0.15) is 11.5 Å². The monoisotopic (exact) mass is 522 g/mol. The largest absolute Gasteiger partial charge is 0.507 e. The lowest BCUT2D eigenvalue weighted by atomic mass is 10.1. The van der Waals surface area contributed by atoms with Gasteiger partial charge in [-0.1, -0.05) is 74.0 Å². The van der Waals surface area contributed by atoms with Gasteiger partial charge in [0.05, 0.1) is 9.79 Å². The molecule has 6 nitrogen and oxygen atoms in total. The lowest BCUT2D eigenvalue weighted by Crippen LogP contribution is -2.30. The minimum Gasteiger partial charge on any atom is -0.507 e. The van der Waals surface area contributed by atoms with Crippen molar-refractivity contribution in [1.29, 1.82) is 0 Å². The zero-order valence-corrected chi connectivity index (χ0v) is 21.2. The van der Waals surface area contributed by atoms with Crippen LogP contribution < -0.4 is 0 Å². The Kier molecular flexibility index (Phi) is 7.19. The Bertz CT molecular complexity index is 1460. The highest BCUT2D eigenvalue weighted by atomic mass is 32.3. The van der Waals surface area contributed by atoms with Crippen molar-refractivity contribution in [3.63, 3.8) is 0 Å². The fraction of sp³-hybridized carbons (Fsp3) is 0.143. The lowest BCUT2D eigenvalue weighted by molar-refractivity contribution is 0.476. The summed E-state index contributed by atoms with van der Waals surface area (Å²) in [5.74, 6) is -0.220. The minimum atomic E-state index is -4.37. The van der Waals surface area contributed by atoms with Gasteiger partial charge in [-0.05, 0) is 53.9 Å². The lowest BCUT2D eigenvalue weighted by Gasteiger charge is -2.19. The van der Waals surface area contributed by atoms with Crippen LogP contribution in [0.2, 0.25) is 0 Å². The summed E-state index contributed by atoms with van der Waals surface area (Å²) in [5, 5.41) is 20.7. The van der Waals surface area contributed by atoms with E-state index in [2.05, 4.69) is 0 Å². The van der Waals surface area contributed by atoms with E-state index in [1.807, 2.05) is 0 Å². The predicted octanol–water partition coefficient (Wildman–Crippen LogP) is 5.81. The first-order valence-electron chi connectivity index (χ1n) is 11.4. The molecule has 8 heteroatoms. The van der Waals surface area contributed by atoms with Crippen molar-refractivity contribution in [2.45, 2.75) is 34.1 Å². The maximum Gasteiger partial charge on any atom is 0.195 e. The van der Waals surface area contributed by atoms with Crippen LogP contribution in [0.5, 0.6) is 11.5 Å². The SMILES string of the molecule is CCCC(S(=O)(=O)c1ccc(O)c(-c2ccccc2)c1)S(=O)(=O)c1ccc(O)c(-c2ccccc2)c1. The summed E-state index contributed by atoms with van der Waals surface area (Å²) < 4.78 is 53.3. The summed E-state index contributed by atoms with van der Waals surface area (Å²) >= 11 is 0. The third-order valence-electron chi connectivity index (χ3n) is 5.98. The zero-order chi connectivity index (χ0) is 25.9. The first-order chi connectivity index (χ1) is 17.2. The predicted molar refractivity (Wildman–Crippen MR) is 140 cm³/mol. The molecule has 2 N–H and O–H groups in total. The average Bonchev–Trinajstić information content (AvgIpc) is 2.88. The molecule has 0 saturated carbocycles. The summed E-state index contributed by atoms with van der Waals surface area (Å²) in [5.41, 5.74) is 1.79. The Morgan fingerprint density at radius 1 is 0.611 bits per heavy atom. The summed E-state index contributed by atoms with van der Waals surface area (Å²) in [6, 6.07) is 25.1. The fourth-order valence-corrected chi connectivity index (χ4v) is 8.88. The molecule has 0 aromatic heterocycles. The van der Waals surface area contributed by atoms with Crippen LogP contribution in [0.25, 0.3) is 22.3 Å². The van der Waals surface area contributed by atoms with Gasteiger partial charge >= 0.3 is 0 Å². The summed E-state index contributed by atoms with van der Waals surface area (Å²) in [6.07, 6.45) is 0.199. The normalized spacial score (nSPS) is 12.1. The van der Waals surface area contributed by atoms with Crippen LogP contribution >= 0.6 is 0 Å². The molecule has 186 valence electrons. The van der Waals surface area contributed by atoms with Crippen LogP contribution in [0.3, 0.4) is 0 Å². The van der Waals surface area contributed by atoms with Gasteiger partial charge in [0.2, 0.25) is 0 Å². The van der Waals surface area contributed by atoms with Crippen molar-refractivity contribution in [2.24, 2.45) is 0 Å². The molecule has 36 heavy (non-hydrogen) atoms. The number of hydrogen-bond acceptors (Lipinski definition) is 6. The van der Waals surface area contributed by atoms with Gasteiger partial charge in [-0.15, -0.1) is 0 Å². The topological polar surface area (TPSA) is 109 Å². The van der Waals surface area contributed by atoms with Crippen molar-refractivity contribution >= 4 is 19.7 Å². The van der Waals surface area contributed by atoms with Crippen molar-refractivity contribution in [2.75, 3.05) is 0 Å². The summed E-state index contributed by atoms with van der Waals surface area (Å²) in [7, 11) is -8.73. The van der Waals surface area contributed by atoms with Crippen LogP contribution in [-0.4, -0.2) is 31.6 Å². The molecule has 0 spiro atoms. The Balaban J connectivity index is 1.82. The number of phenols is 2. The van der Waals surface area contributed by atoms with Gasteiger partial charge in [0.15, 0.2) is 24.3 Å². The number of phenolic OH excluding ortho intramolecular Hbond substituents is 2. The van der Waals surface area contributed by atoms with E-state index in [0.717, 1.165) is 0 Å². The number of sulfone groups is 2. The average molecular weight is 523 g/mol. The van der Waals surface area contributed by atoms with Crippen LogP contribution in [-0.2, 0) is 19.7 Å². The molecule has 0 saturated heterocycles. The van der Waals surface area contributed by atoms with Crippen molar-refractivity contribution in [3.8, 4) is 33.8 Å². The van der Waals surface area contributed by atoms with E-state index in [4.69, 9.17) is 0 Å². The molecular weight excluding hydrogens is 496 g/mol. The minimum absolute atomic E-state index is 0.110. The third-order valence-corrected chi connectivity index (χ3v) is 11.2. The number of hydrogen-bond donors (Lipinski definition) is 2. The van der Waals surface area contributed by atoms with Gasteiger partial charge in [-0.25, -0.2) is 16.8 Å². The van der Waals surface area contributed by atoms with E-state index in [1.165, 1.54) is 36.4 Å². The quantitative estimate of drug-likeness (QED) is 0.302. The maximum atomic E-state index is 13.7. The Morgan fingerprint density at radius 3 is 1.36 bits per heavy atom. The van der Waals surface area contributed by atoms with E-state index in [1.54, 1.807) is 67.6 Å². The Hall–Kier alpha value is -3.62. The van der Waals surface area contributed by atoms with Crippen LogP contribution in [0.15, 0.2) is 107 Å². The molecule has 0 amide bonds. The molecule has 0 heterocycles. The first kappa shape index (κ1) is 25.5. The van der Waals surface area contributed by atoms with Crippen molar-refractivity contribution in [3.05, 3.63) is 97.1 Å². The molecule has 0 bridgehead atoms. The van der Waals surface area contributed by atoms with E-state index >= 15 is 0 Å². The molecular formula is C28H26O6S2. The molecule has 0 aliphatic carbocycles. The molecule has 0 atom stereocenters. The second kappa shape index (κ2) is 10.2. The molecule has 4 aromatic rings. The Labute approximate surface area is 211 Å². The van der Waals surface area contributed by atoms with Gasteiger partial charge in [-0.3, -0.25) is 0 Å². The highest BCUT2D eigenvalue weighted by Gasteiger charge is 2.39. The van der Waals surface area contributed by atoms with Crippen LogP contribution in [0, 0.1) is 0 Å². The fourth-order valence-electron chi connectivity index (χ4n) is 4.10.